The van der Waals surface area contributed by atoms with Gasteiger partial charge in [-0.2, -0.15) is 0 Å². The summed E-state index contributed by atoms with van der Waals surface area (Å²) in [6.45, 7) is 2.15. The molecule has 0 N–H and O–H groups in total. The van der Waals surface area contributed by atoms with Crippen LogP contribution in [0.15, 0.2) is 23.0 Å². The predicted octanol–water partition coefficient (Wildman–Crippen LogP) is 2.57. The second-order valence-corrected chi connectivity index (χ2v) is 4.80. The zero-order valence-corrected chi connectivity index (χ0v) is 10.4. The number of ketones is 2. The molecule has 0 saturated heterocycles. The molecule has 0 amide bonds. The highest BCUT2D eigenvalue weighted by Crippen LogP contribution is 2.36. The molecule has 2 aliphatic carbocycles. The van der Waals surface area contributed by atoms with E-state index in [1.807, 2.05) is 0 Å². The highest BCUT2D eigenvalue weighted by Gasteiger charge is 2.29. The third kappa shape index (κ3) is 2.33. The van der Waals surface area contributed by atoms with E-state index in [-0.39, 0.29) is 11.6 Å². The van der Waals surface area contributed by atoms with E-state index in [4.69, 9.17) is 4.74 Å². The Labute approximate surface area is 102 Å². The Morgan fingerprint density at radius 3 is 2.71 bits per heavy atom. The van der Waals surface area contributed by atoms with Crippen molar-refractivity contribution in [3.8, 4) is 0 Å². The zero-order valence-electron chi connectivity index (χ0n) is 10.4. The summed E-state index contributed by atoms with van der Waals surface area (Å²) in [6, 6.07) is 0. The van der Waals surface area contributed by atoms with E-state index in [9.17, 15) is 9.59 Å². The lowest BCUT2D eigenvalue weighted by Gasteiger charge is -2.27. The number of rotatable bonds is 1. The van der Waals surface area contributed by atoms with E-state index in [1.54, 1.807) is 0 Å². The lowest BCUT2D eigenvalue weighted by molar-refractivity contribution is -0.116. The van der Waals surface area contributed by atoms with Crippen molar-refractivity contribution in [3.05, 3.63) is 23.0 Å². The third-order valence-electron chi connectivity index (χ3n) is 3.63. The number of methoxy groups -OCH3 is 1. The van der Waals surface area contributed by atoms with Crippen LogP contribution in [0.3, 0.4) is 0 Å². The van der Waals surface area contributed by atoms with Gasteiger partial charge in [0.15, 0.2) is 11.6 Å². The molecule has 0 saturated carbocycles. The van der Waals surface area contributed by atoms with E-state index in [1.165, 1.54) is 18.8 Å². The Balaban J connectivity index is 2.51. The van der Waals surface area contributed by atoms with Crippen LogP contribution in [-0.2, 0) is 14.3 Å². The number of hydrogen-bond acceptors (Lipinski definition) is 3. The molecule has 0 spiro atoms. The Kier molecular flexibility index (Phi) is 3.46. The summed E-state index contributed by atoms with van der Waals surface area (Å²) in [7, 11) is 1.53. The first-order valence-corrected chi connectivity index (χ1v) is 6.18. The Bertz CT molecular complexity index is 415. The number of ether oxygens (including phenoxy) is 1. The normalized spacial score (nSPS) is 29.1. The van der Waals surface area contributed by atoms with Crippen molar-refractivity contribution in [2.75, 3.05) is 7.11 Å². The molecule has 0 aromatic carbocycles. The van der Waals surface area contributed by atoms with Gasteiger partial charge in [0.2, 0.25) is 0 Å². The van der Waals surface area contributed by atoms with Gasteiger partial charge in [-0.25, -0.2) is 0 Å². The second kappa shape index (κ2) is 4.86. The largest absolute Gasteiger partial charge is 0.496 e. The fourth-order valence-electron chi connectivity index (χ4n) is 2.64. The van der Waals surface area contributed by atoms with Crippen molar-refractivity contribution in [3.63, 3.8) is 0 Å². The maximum atomic E-state index is 12.0. The number of carbonyl (C=O) groups is 2. The summed E-state index contributed by atoms with van der Waals surface area (Å²) in [5.41, 5.74) is 1.86. The van der Waals surface area contributed by atoms with Gasteiger partial charge in [-0.05, 0) is 25.2 Å². The molecular formula is C14H18O3. The quantitative estimate of drug-likeness (QED) is 0.700. The summed E-state index contributed by atoms with van der Waals surface area (Å²) in [5.74, 6) is 1.08. The van der Waals surface area contributed by atoms with Gasteiger partial charge in [0.1, 0.15) is 5.76 Å². The molecule has 0 aromatic rings. The second-order valence-electron chi connectivity index (χ2n) is 4.80. The Hall–Kier alpha value is -1.38. The van der Waals surface area contributed by atoms with Crippen LogP contribution in [0.1, 0.15) is 39.0 Å². The first-order valence-electron chi connectivity index (χ1n) is 6.18. The molecule has 17 heavy (non-hydrogen) atoms. The average Bonchev–Trinajstić information content (AvgIpc) is 2.28. The Morgan fingerprint density at radius 2 is 2.00 bits per heavy atom. The monoisotopic (exact) mass is 234 g/mol. The van der Waals surface area contributed by atoms with Gasteiger partial charge in [-0.1, -0.05) is 12.5 Å². The summed E-state index contributed by atoms with van der Waals surface area (Å²) >= 11 is 0. The van der Waals surface area contributed by atoms with Crippen LogP contribution in [0.25, 0.3) is 0 Å². The first-order chi connectivity index (χ1) is 8.13. The molecule has 92 valence electrons. The third-order valence-corrected chi connectivity index (χ3v) is 3.63. The smallest absolute Gasteiger partial charge is 0.166 e. The van der Waals surface area contributed by atoms with Gasteiger partial charge in [0.05, 0.1) is 12.7 Å². The van der Waals surface area contributed by atoms with Crippen LogP contribution in [0.5, 0.6) is 0 Å². The number of hydrogen-bond donors (Lipinski definition) is 0. The number of Topliss-reactive ketones (excluding diaryl/α,β-unsaturated/α-hetero) is 1. The minimum absolute atomic E-state index is 0.0550. The summed E-state index contributed by atoms with van der Waals surface area (Å²) < 4.78 is 5.25. The van der Waals surface area contributed by atoms with Crippen LogP contribution in [-0.4, -0.2) is 18.7 Å². The lowest BCUT2D eigenvalue weighted by Crippen LogP contribution is -2.21. The molecule has 3 heteroatoms. The lowest BCUT2D eigenvalue weighted by atomic mass is 9.79. The predicted molar refractivity (Wildman–Crippen MR) is 64.4 cm³/mol. The van der Waals surface area contributed by atoms with Gasteiger partial charge < -0.3 is 4.74 Å². The molecule has 1 atom stereocenters. The van der Waals surface area contributed by atoms with Gasteiger partial charge in [0.25, 0.3) is 0 Å². The van der Waals surface area contributed by atoms with Crippen molar-refractivity contribution in [1.82, 2.24) is 0 Å². The van der Waals surface area contributed by atoms with E-state index in [0.717, 1.165) is 19.3 Å². The Morgan fingerprint density at radius 1 is 1.24 bits per heavy atom. The fourth-order valence-corrected chi connectivity index (χ4v) is 2.64. The van der Waals surface area contributed by atoms with E-state index < -0.39 is 0 Å². The van der Waals surface area contributed by atoms with Gasteiger partial charge in [-0.3, -0.25) is 9.59 Å². The highest BCUT2D eigenvalue weighted by molar-refractivity contribution is 6.03. The zero-order chi connectivity index (χ0) is 12.4. The van der Waals surface area contributed by atoms with Gasteiger partial charge in [-0.15, -0.1) is 0 Å². The van der Waals surface area contributed by atoms with Crippen LogP contribution < -0.4 is 0 Å². The molecular weight excluding hydrogens is 216 g/mol. The van der Waals surface area contributed by atoms with Gasteiger partial charge >= 0.3 is 0 Å². The molecule has 2 rings (SSSR count). The molecule has 0 bridgehead atoms. The van der Waals surface area contributed by atoms with Crippen molar-refractivity contribution < 1.29 is 14.3 Å². The van der Waals surface area contributed by atoms with Crippen molar-refractivity contribution in [2.45, 2.75) is 39.0 Å². The SMILES string of the molecule is CO/C1=C/C(=O)CCCC2=C1C(=O)CCC2C. The van der Waals surface area contributed by atoms with E-state index in [2.05, 4.69) is 6.92 Å². The standard InChI is InChI=1S/C14H18O3/c1-9-6-7-12(16)14-11(9)5-3-4-10(15)8-13(14)17-2/h8-9H,3-7H2,1-2H3/b13-8+. The molecule has 2 aliphatic rings. The number of carbonyl (C=O) groups excluding carboxylic acids is 2. The molecule has 3 nitrogen and oxygen atoms in total. The molecule has 1 unspecified atom stereocenters. The first kappa shape index (κ1) is 12.1. The van der Waals surface area contributed by atoms with Crippen molar-refractivity contribution in [2.24, 2.45) is 5.92 Å². The highest BCUT2D eigenvalue weighted by atomic mass is 16.5. The van der Waals surface area contributed by atoms with Crippen molar-refractivity contribution >= 4 is 11.6 Å². The fraction of sp³-hybridized carbons (Fsp3) is 0.571. The minimum Gasteiger partial charge on any atom is -0.496 e. The van der Waals surface area contributed by atoms with Gasteiger partial charge in [0, 0.05) is 18.9 Å². The molecule has 0 radical (unpaired) electrons. The molecule has 0 aliphatic heterocycles. The topological polar surface area (TPSA) is 43.4 Å². The summed E-state index contributed by atoms with van der Waals surface area (Å²) in [4.78, 5) is 23.6. The summed E-state index contributed by atoms with van der Waals surface area (Å²) in [6.07, 6.45) is 5.20. The maximum absolute atomic E-state index is 12.0. The molecule has 0 aromatic heterocycles. The van der Waals surface area contributed by atoms with Crippen LogP contribution in [0, 0.1) is 5.92 Å². The molecule has 0 fully saturated rings. The summed E-state index contributed by atoms with van der Waals surface area (Å²) in [5, 5.41) is 0. The maximum Gasteiger partial charge on any atom is 0.166 e. The molecule has 0 heterocycles. The van der Waals surface area contributed by atoms with Crippen molar-refractivity contribution in [1.29, 1.82) is 0 Å². The van der Waals surface area contributed by atoms with E-state index >= 15 is 0 Å². The van der Waals surface area contributed by atoms with Crippen LogP contribution in [0.2, 0.25) is 0 Å². The van der Waals surface area contributed by atoms with E-state index in [0.29, 0.717) is 30.1 Å². The van der Waals surface area contributed by atoms with Crippen LogP contribution >= 0.6 is 0 Å². The number of allylic oxidation sites excluding steroid dienone is 3. The average molecular weight is 234 g/mol. The minimum atomic E-state index is 0.0550. The van der Waals surface area contributed by atoms with Crippen LogP contribution in [0.4, 0.5) is 0 Å².